The summed E-state index contributed by atoms with van der Waals surface area (Å²) in [4.78, 5) is 20.3. The van der Waals surface area contributed by atoms with Crippen LogP contribution < -0.4 is 10.6 Å². The average Bonchev–Trinajstić information content (AvgIpc) is 3.18. The van der Waals surface area contributed by atoms with E-state index in [0.29, 0.717) is 24.4 Å². The van der Waals surface area contributed by atoms with E-state index in [1.807, 2.05) is 32.3 Å². The number of benzene rings is 1. The zero-order valence-electron chi connectivity index (χ0n) is 19.1. The van der Waals surface area contributed by atoms with E-state index in [-0.39, 0.29) is 11.9 Å². The molecule has 1 aliphatic heterocycles. The van der Waals surface area contributed by atoms with Gasteiger partial charge in [0.2, 0.25) is 0 Å². The zero-order chi connectivity index (χ0) is 22.5. The molecule has 2 aromatic heterocycles. The van der Waals surface area contributed by atoms with E-state index < -0.39 is 0 Å². The molecule has 1 aromatic carbocycles. The van der Waals surface area contributed by atoms with Crippen LogP contribution in [0.25, 0.3) is 22.3 Å². The van der Waals surface area contributed by atoms with Gasteiger partial charge in [-0.2, -0.15) is 5.10 Å². The van der Waals surface area contributed by atoms with Gasteiger partial charge in [0.25, 0.3) is 5.91 Å². The van der Waals surface area contributed by atoms with Gasteiger partial charge in [-0.3, -0.25) is 9.48 Å². The van der Waals surface area contributed by atoms with Crippen molar-refractivity contribution in [2.45, 2.75) is 25.4 Å². The fourth-order valence-corrected chi connectivity index (χ4v) is 4.08. The summed E-state index contributed by atoms with van der Waals surface area (Å²) in [6, 6.07) is 10.4. The predicted molar refractivity (Wildman–Crippen MR) is 126 cm³/mol. The Hall–Kier alpha value is -2.81. The standard InChI is InChI=1S/C24H32N6O2/c1-25-9-10-29(2)16-17-5-4-6-18(13-17)22-14-20(21-15-26-30(3)23(21)28-22)24(31)27-19-7-11-32-12-8-19/h4-6,13-15,19,25H,7-12,16H2,1-3H3,(H,27,31). The number of aryl methyl sites for hydroxylation is 1. The number of pyridine rings is 1. The highest BCUT2D eigenvalue weighted by molar-refractivity contribution is 6.06. The number of likely N-dealkylation sites (N-methyl/N-ethyl adjacent to an activating group) is 2. The van der Waals surface area contributed by atoms with Gasteiger partial charge in [0, 0.05) is 51.5 Å². The van der Waals surface area contributed by atoms with Crippen LogP contribution in [0.3, 0.4) is 0 Å². The molecule has 1 aliphatic rings. The lowest BCUT2D eigenvalue weighted by Gasteiger charge is -2.23. The van der Waals surface area contributed by atoms with E-state index in [1.54, 1.807) is 10.9 Å². The third kappa shape index (κ3) is 5.15. The Morgan fingerprint density at radius 2 is 2.09 bits per heavy atom. The molecule has 4 rings (SSSR count). The summed E-state index contributed by atoms with van der Waals surface area (Å²) in [7, 11) is 5.93. The second kappa shape index (κ2) is 10.2. The Labute approximate surface area is 189 Å². The number of nitrogens with zero attached hydrogens (tertiary/aromatic N) is 4. The lowest BCUT2D eigenvalue weighted by atomic mass is 10.0. The largest absolute Gasteiger partial charge is 0.381 e. The molecule has 0 bridgehead atoms. The molecule has 32 heavy (non-hydrogen) atoms. The SMILES string of the molecule is CNCCN(C)Cc1cccc(-c2cc(C(=O)NC3CCOCC3)c3cnn(C)c3n2)c1. The number of rotatable bonds is 8. The van der Waals surface area contributed by atoms with Crippen LogP contribution in [-0.2, 0) is 18.3 Å². The molecule has 3 heterocycles. The highest BCUT2D eigenvalue weighted by atomic mass is 16.5. The van der Waals surface area contributed by atoms with E-state index in [0.717, 1.165) is 49.1 Å². The van der Waals surface area contributed by atoms with Gasteiger partial charge in [-0.15, -0.1) is 0 Å². The molecule has 1 saturated heterocycles. The summed E-state index contributed by atoms with van der Waals surface area (Å²) in [6.07, 6.45) is 3.39. The van der Waals surface area contributed by atoms with Crippen LogP contribution in [0, 0.1) is 0 Å². The predicted octanol–water partition coefficient (Wildman–Crippen LogP) is 2.20. The van der Waals surface area contributed by atoms with Gasteiger partial charge in [-0.1, -0.05) is 18.2 Å². The van der Waals surface area contributed by atoms with Gasteiger partial charge < -0.3 is 20.3 Å². The van der Waals surface area contributed by atoms with Crippen LogP contribution in [0.5, 0.6) is 0 Å². The Bertz CT molecular complexity index is 1070. The third-order valence-corrected chi connectivity index (χ3v) is 5.92. The highest BCUT2D eigenvalue weighted by Gasteiger charge is 2.21. The molecule has 1 amide bonds. The van der Waals surface area contributed by atoms with Gasteiger partial charge in [0.05, 0.1) is 22.8 Å². The summed E-state index contributed by atoms with van der Waals surface area (Å²) in [5.74, 6) is -0.0819. The first-order valence-electron chi connectivity index (χ1n) is 11.2. The lowest BCUT2D eigenvalue weighted by Crippen LogP contribution is -2.39. The average molecular weight is 437 g/mol. The number of nitrogens with one attached hydrogen (secondary N) is 2. The Balaban J connectivity index is 1.64. The third-order valence-electron chi connectivity index (χ3n) is 5.92. The summed E-state index contributed by atoms with van der Waals surface area (Å²) in [6.45, 7) is 4.13. The summed E-state index contributed by atoms with van der Waals surface area (Å²) < 4.78 is 7.14. The minimum absolute atomic E-state index is 0.0819. The Morgan fingerprint density at radius 1 is 1.28 bits per heavy atom. The van der Waals surface area contributed by atoms with Crippen molar-refractivity contribution < 1.29 is 9.53 Å². The van der Waals surface area contributed by atoms with Crippen molar-refractivity contribution in [1.82, 2.24) is 30.3 Å². The number of carbonyl (C=O) groups is 1. The summed E-state index contributed by atoms with van der Waals surface area (Å²) >= 11 is 0. The highest BCUT2D eigenvalue weighted by Crippen LogP contribution is 2.26. The van der Waals surface area contributed by atoms with Crippen molar-refractivity contribution in [3.8, 4) is 11.3 Å². The smallest absolute Gasteiger partial charge is 0.252 e. The number of ether oxygens (including phenoxy) is 1. The molecule has 2 N–H and O–H groups in total. The van der Waals surface area contributed by atoms with Crippen LogP contribution >= 0.6 is 0 Å². The quantitative estimate of drug-likeness (QED) is 0.563. The molecular formula is C24H32N6O2. The summed E-state index contributed by atoms with van der Waals surface area (Å²) in [5, 5.41) is 11.5. The van der Waals surface area contributed by atoms with E-state index >= 15 is 0 Å². The molecule has 8 heteroatoms. The van der Waals surface area contributed by atoms with E-state index in [2.05, 4.69) is 39.8 Å². The number of aromatic nitrogens is 3. The first kappa shape index (κ1) is 22.4. The number of fused-ring (bicyclic) bond motifs is 1. The number of carbonyl (C=O) groups excluding carboxylic acids is 1. The lowest BCUT2D eigenvalue weighted by molar-refractivity contribution is 0.0697. The van der Waals surface area contributed by atoms with E-state index in [9.17, 15) is 4.79 Å². The van der Waals surface area contributed by atoms with E-state index in [1.165, 1.54) is 5.56 Å². The molecule has 3 aromatic rings. The minimum atomic E-state index is -0.0819. The molecule has 0 spiro atoms. The molecule has 170 valence electrons. The van der Waals surface area contributed by atoms with Crippen LogP contribution in [0.15, 0.2) is 36.5 Å². The van der Waals surface area contributed by atoms with Gasteiger partial charge in [-0.05, 0) is 44.6 Å². The molecule has 0 radical (unpaired) electrons. The van der Waals surface area contributed by atoms with Crippen LogP contribution in [-0.4, -0.2) is 72.0 Å². The maximum absolute atomic E-state index is 13.2. The second-order valence-corrected chi connectivity index (χ2v) is 8.46. The second-order valence-electron chi connectivity index (χ2n) is 8.46. The zero-order valence-corrected chi connectivity index (χ0v) is 19.1. The molecule has 0 unspecified atom stereocenters. The van der Waals surface area contributed by atoms with Crippen molar-refractivity contribution in [3.63, 3.8) is 0 Å². The summed E-state index contributed by atoms with van der Waals surface area (Å²) in [5.41, 5.74) is 4.30. The number of amides is 1. The van der Waals surface area contributed by atoms with E-state index in [4.69, 9.17) is 9.72 Å². The molecule has 0 aliphatic carbocycles. The van der Waals surface area contributed by atoms with Crippen molar-refractivity contribution in [3.05, 3.63) is 47.7 Å². The first-order chi connectivity index (χ1) is 15.5. The Kier molecular flexibility index (Phi) is 7.14. The maximum atomic E-state index is 13.2. The van der Waals surface area contributed by atoms with Crippen molar-refractivity contribution in [2.75, 3.05) is 40.4 Å². The molecule has 1 fully saturated rings. The molecule has 0 saturated carbocycles. The fraction of sp³-hybridized carbons (Fsp3) is 0.458. The topological polar surface area (TPSA) is 84.3 Å². The fourth-order valence-electron chi connectivity index (χ4n) is 4.08. The van der Waals surface area contributed by atoms with Crippen molar-refractivity contribution in [1.29, 1.82) is 0 Å². The van der Waals surface area contributed by atoms with Crippen LogP contribution in [0.1, 0.15) is 28.8 Å². The van der Waals surface area contributed by atoms with Gasteiger partial charge >= 0.3 is 0 Å². The Morgan fingerprint density at radius 3 is 2.88 bits per heavy atom. The monoisotopic (exact) mass is 436 g/mol. The van der Waals surface area contributed by atoms with Crippen molar-refractivity contribution in [2.24, 2.45) is 7.05 Å². The van der Waals surface area contributed by atoms with Crippen molar-refractivity contribution >= 4 is 16.9 Å². The van der Waals surface area contributed by atoms with Crippen LogP contribution in [0.2, 0.25) is 0 Å². The maximum Gasteiger partial charge on any atom is 0.252 e. The normalized spacial score (nSPS) is 14.9. The number of hydrogen-bond donors (Lipinski definition) is 2. The molecular weight excluding hydrogens is 404 g/mol. The minimum Gasteiger partial charge on any atom is -0.381 e. The van der Waals surface area contributed by atoms with Gasteiger partial charge in [0.15, 0.2) is 5.65 Å². The molecule has 0 atom stereocenters. The number of hydrogen-bond acceptors (Lipinski definition) is 6. The van der Waals surface area contributed by atoms with Crippen LogP contribution in [0.4, 0.5) is 0 Å². The van der Waals surface area contributed by atoms with Gasteiger partial charge in [-0.25, -0.2) is 4.98 Å². The first-order valence-corrected chi connectivity index (χ1v) is 11.2. The molecule has 8 nitrogen and oxygen atoms in total. The van der Waals surface area contributed by atoms with Gasteiger partial charge in [0.1, 0.15) is 0 Å².